The molecule has 0 aliphatic heterocycles. The van der Waals surface area contributed by atoms with Gasteiger partial charge in [0.15, 0.2) is 0 Å². The Bertz CT molecular complexity index is 883. The van der Waals surface area contributed by atoms with E-state index in [9.17, 15) is 13.2 Å². The van der Waals surface area contributed by atoms with Crippen molar-refractivity contribution in [3.8, 4) is 5.75 Å². The first-order chi connectivity index (χ1) is 11.3. The molecular weight excluding hydrogens is 377 g/mol. The average molecular weight is 390 g/mol. The highest BCUT2D eigenvalue weighted by Gasteiger charge is 2.22. The standard InChI is InChI=1S/C15H13Cl2NO5S/c1-22-13-6-4-10(16)8-12(13)18-24(20,21)14-7-9(15(19)23-2)3-5-11(14)17/h3-8,18H,1-2H3. The fourth-order valence-corrected chi connectivity index (χ4v) is 3.67. The Balaban J connectivity index is 2.48. The predicted molar refractivity (Wildman–Crippen MR) is 91.6 cm³/mol. The molecule has 2 aromatic carbocycles. The molecule has 2 aromatic rings. The van der Waals surface area contributed by atoms with Crippen LogP contribution >= 0.6 is 23.2 Å². The summed E-state index contributed by atoms with van der Waals surface area (Å²) >= 11 is 11.9. The number of hydrogen-bond acceptors (Lipinski definition) is 5. The molecule has 1 N–H and O–H groups in total. The Morgan fingerprint density at radius 3 is 2.42 bits per heavy atom. The Morgan fingerprint density at radius 1 is 1.08 bits per heavy atom. The number of benzene rings is 2. The molecule has 0 saturated heterocycles. The van der Waals surface area contributed by atoms with Crippen LogP contribution < -0.4 is 9.46 Å². The minimum atomic E-state index is -4.09. The van der Waals surface area contributed by atoms with Gasteiger partial charge in [0.05, 0.1) is 30.5 Å². The van der Waals surface area contributed by atoms with Crippen LogP contribution in [0.5, 0.6) is 5.75 Å². The summed E-state index contributed by atoms with van der Waals surface area (Å²) in [6, 6.07) is 8.28. The molecule has 0 aliphatic carbocycles. The van der Waals surface area contributed by atoms with Crippen LogP contribution in [0.1, 0.15) is 10.4 Å². The first-order valence-corrected chi connectivity index (χ1v) is 8.76. The van der Waals surface area contributed by atoms with E-state index in [1.807, 2.05) is 0 Å². The van der Waals surface area contributed by atoms with Gasteiger partial charge in [-0.15, -0.1) is 0 Å². The Kier molecular flexibility index (Phi) is 5.58. The maximum Gasteiger partial charge on any atom is 0.337 e. The fourth-order valence-electron chi connectivity index (χ4n) is 1.91. The quantitative estimate of drug-likeness (QED) is 0.790. The van der Waals surface area contributed by atoms with Crippen LogP contribution in [0.15, 0.2) is 41.3 Å². The largest absolute Gasteiger partial charge is 0.495 e. The van der Waals surface area contributed by atoms with Crippen LogP contribution in [0.2, 0.25) is 10.0 Å². The summed E-state index contributed by atoms with van der Waals surface area (Å²) in [5.41, 5.74) is 0.199. The van der Waals surface area contributed by atoms with Gasteiger partial charge in [-0.25, -0.2) is 13.2 Å². The van der Waals surface area contributed by atoms with E-state index in [-0.39, 0.29) is 26.9 Å². The van der Waals surface area contributed by atoms with Gasteiger partial charge in [0.1, 0.15) is 10.6 Å². The van der Waals surface area contributed by atoms with E-state index < -0.39 is 16.0 Å². The SMILES string of the molecule is COC(=O)c1ccc(Cl)c(S(=O)(=O)Nc2cc(Cl)ccc2OC)c1. The second-order valence-corrected chi connectivity index (χ2v) is 7.08. The Hall–Kier alpha value is -1.96. The smallest absolute Gasteiger partial charge is 0.337 e. The molecule has 0 atom stereocenters. The number of rotatable bonds is 5. The number of esters is 1. The molecule has 9 heteroatoms. The van der Waals surface area contributed by atoms with Crippen LogP contribution in [0.25, 0.3) is 0 Å². The lowest BCUT2D eigenvalue weighted by Crippen LogP contribution is -2.15. The van der Waals surface area contributed by atoms with E-state index in [1.54, 1.807) is 6.07 Å². The first kappa shape index (κ1) is 18.4. The van der Waals surface area contributed by atoms with Gasteiger partial charge in [-0.2, -0.15) is 0 Å². The minimum absolute atomic E-state index is 0.0452. The van der Waals surface area contributed by atoms with Gasteiger partial charge in [0, 0.05) is 5.02 Å². The number of anilines is 1. The van der Waals surface area contributed by atoms with Crippen LogP contribution in [0.4, 0.5) is 5.69 Å². The molecule has 0 heterocycles. The number of hydrogen-bond donors (Lipinski definition) is 1. The van der Waals surface area contributed by atoms with Crippen molar-refractivity contribution in [2.75, 3.05) is 18.9 Å². The summed E-state index contributed by atoms with van der Waals surface area (Å²) in [4.78, 5) is 11.3. The maximum absolute atomic E-state index is 12.6. The van der Waals surface area contributed by atoms with E-state index in [0.29, 0.717) is 5.02 Å². The molecule has 0 spiro atoms. The molecule has 128 valence electrons. The van der Waals surface area contributed by atoms with Crippen molar-refractivity contribution in [3.63, 3.8) is 0 Å². The summed E-state index contributed by atoms with van der Waals surface area (Å²) < 4.78 is 37.3. The van der Waals surface area contributed by atoms with E-state index in [0.717, 1.165) is 6.07 Å². The zero-order valence-electron chi connectivity index (χ0n) is 12.7. The molecule has 0 amide bonds. The maximum atomic E-state index is 12.6. The van der Waals surface area contributed by atoms with Crippen molar-refractivity contribution in [3.05, 3.63) is 52.0 Å². The molecule has 0 radical (unpaired) electrons. The Morgan fingerprint density at radius 2 is 1.79 bits per heavy atom. The van der Waals surface area contributed by atoms with Crippen molar-refractivity contribution in [2.24, 2.45) is 0 Å². The highest BCUT2D eigenvalue weighted by atomic mass is 35.5. The number of carbonyl (C=O) groups is 1. The van der Waals surface area contributed by atoms with E-state index in [2.05, 4.69) is 9.46 Å². The zero-order valence-corrected chi connectivity index (χ0v) is 15.0. The van der Waals surface area contributed by atoms with Gasteiger partial charge < -0.3 is 9.47 Å². The van der Waals surface area contributed by atoms with Crippen LogP contribution in [0, 0.1) is 0 Å². The molecule has 0 fully saturated rings. The third-order valence-corrected chi connectivity index (χ3v) is 5.13. The summed E-state index contributed by atoms with van der Waals surface area (Å²) in [7, 11) is -1.50. The third kappa shape index (κ3) is 3.92. The summed E-state index contributed by atoms with van der Waals surface area (Å²) in [5.74, 6) is -0.397. The molecule has 6 nitrogen and oxygen atoms in total. The van der Waals surface area contributed by atoms with Crippen molar-refractivity contribution < 1.29 is 22.7 Å². The van der Waals surface area contributed by atoms with Crippen molar-refractivity contribution in [1.29, 1.82) is 0 Å². The molecule has 24 heavy (non-hydrogen) atoms. The van der Waals surface area contributed by atoms with Gasteiger partial charge in [0.2, 0.25) is 0 Å². The summed E-state index contributed by atoms with van der Waals surface area (Å²) in [6.07, 6.45) is 0. The fraction of sp³-hybridized carbons (Fsp3) is 0.133. The van der Waals surface area contributed by atoms with Gasteiger partial charge in [-0.3, -0.25) is 4.72 Å². The van der Waals surface area contributed by atoms with Gasteiger partial charge >= 0.3 is 5.97 Å². The lowest BCUT2D eigenvalue weighted by Gasteiger charge is -2.13. The Labute approximate surface area is 149 Å². The normalized spacial score (nSPS) is 11.0. The van der Waals surface area contributed by atoms with Gasteiger partial charge in [-0.05, 0) is 36.4 Å². The lowest BCUT2D eigenvalue weighted by molar-refractivity contribution is 0.0600. The molecule has 0 saturated carbocycles. The topological polar surface area (TPSA) is 81.7 Å². The summed E-state index contributed by atoms with van der Waals surface area (Å²) in [6.45, 7) is 0. The third-order valence-electron chi connectivity index (χ3n) is 3.05. The molecule has 0 bridgehead atoms. The first-order valence-electron chi connectivity index (χ1n) is 6.52. The average Bonchev–Trinajstić information content (AvgIpc) is 2.54. The van der Waals surface area contributed by atoms with E-state index in [1.165, 1.54) is 38.5 Å². The van der Waals surface area contributed by atoms with Crippen molar-refractivity contribution in [2.45, 2.75) is 4.90 Å². The highest BCUT2D eigenvalue weighted by Crippen LogP contribution is 2.31. The second-order valence-electron chi connectivity index (χ2n) is 4.59. The molecule has 2 rings (SSSR count). The summed E-state index contributed by atoms with van der Waals surface area (Å²) in [5, 5.41) is 0.277. The van der Waals surface area contributed by atoms with E-state index in [4.69, 9.17) is 27.9 Å². The number of halogens is 2. The molecule has 0 aromatic heterocycles. The lowest BCUT2D eigenvalue weighted by atomic mass is 10.2. The predicted octanol–water partition coefficient (Wildman–Crippen LogP) is 3.59. The number of nitrogens with one attached hydrogen (secondary N) is 1. The van der Waals surface area contributed by atoms with Crippen LogP contribution in [-0.2, 0) is 14.8 Å². The van der Waals surface area contributed by atoms with Crippen molar-refractivity contribution >= 4 is 44.9 Å². The van der Waals surface area contributed by atoms with Crippen LogP contribution in [-0.4, -0.2) is 28.6 Å². The molecular formula is C15H13Cl2NO5S. The van der Waals surface area contributed by atoms with Gasteiger partial charge in [-0.1, -0.05) is 23.2 Å². The van der Waals surface area contributed by atoms with Crippen LogP contribution in [0.3, 0.4) is 0 Å². The molecule has 0 aliphatic rings. The monoisotopic (exact) mass is 389 g/mol. The molecule has 0 unspecified atom stereocenters. The number of carbonyl (C=O) groups excluding carboxylic acids is 1. The van der Waals surface area contributed by atoms with Gasteiger partial charge in [0.25, 0.3) is 10.0 Å². The number of sulfonamides is 1. The number of ether oxygens (including phenoxy) is 2. The second kappa shape index (κ2) is 7.29. The zero-order chi connectivity index (χ0) is 17.9. The van der Waals surface area contributed by atoms with Crippen molar-refractivity contribution in [1.82, 2.24) is 0 Å². The van der Waals surface area contributed by atoms with E-state index >= 15 is 0 Å². The number of methoxy groups -OCH3 is 2. The minimum Gasteiger partial charge on any atom is -0.495 e. The highest BCUT2D eigenvalue weighted by molar-refractivity contribution is 7.92.